The zero-order valence-electron chi connectivity index (χ0n) is 20.7. The predicted octanol–water partition coefficient (Wildman–Crippen LogP) is 6.08. The zero-order chi connectivity index (χ0) is 25.2. The largest absolute Gasteiger partial charge is 0.492 e. The Labute approximate surface area is 215 Å². The number of ether oxygens (including phenoxy) is 1. The van der Waals surface area contributed by atoms with E-state index in [9.17, 15) is 4.79 Å². The van der Waals surface area contributed by atoms with Crippen molar-refractivity contribution in [3.8, 4) is 5.75 Å². The number of amidine groups is 2. The molecular weight excluding hydrogens is 470 g/mol. The van der Waals surface area contributed by atoms with E-state index in [0.29, 0.717) is 24.2 Å². The van der Waals surface area contributed by atoms with Gasteiger partial charge in [-0.3, -0.25) is 10.2 Å². The average molecular weight is 500 g/mol. The lowest BCUT2D eigenvalue weighted by molar-refractivity contribution is -0.114. The van der Waals surface area contributed by atoms with Gasteiger partial charge in [-0.05, 0) is 55.8 Å². The third-order valence-electron chi connectivity index (χ3n) is 6.55. The normalized spacial score (nSPS) is 16.7. The molecule has 0 fully saturated rings. The lowest BCUT2D eigenvalue weighted by Crippen LogP contribution is -2.35. The third-order valence-corrected chi connectivity index (χ3v) is 7.62. The summed E-state index contributed by atoms with van der Waals surface area (Å²) < 4.78 is 8.06. The monoisotopic (exact) mass is 499 g/mol. The van der Waals surface area contributed by atoms with Gasteiger partial charge in [0.1, 0.15) is 17.4 Å². The molecule has 7 nitrogen and oxygen atoms in total. The number of carbonyl (C=O) groups excluding carboxylic acids is 1. The van der Waals surface area contributed by atoms with E-state index in [2.05, 4.69) is 41.5 Å². The van der Waals surface area contributed by atoms with Gasteiger partial charge in [-0.1, -0.05) is 49.7 Å². The number of rotatable bonds is 8. The number of aromatic nitrogens is 1. The van der Waals surface area contributed by atoms with E-state index in [0.717, 1.165) is 40.1 Å². The Hall–Kier alpha value is -3.65. The number of benzene rings is 2. The first kappa shape index (κ1) is 24.1. The van der Waals surface area contributed by atoms with Gasteiger partial charge >= 0.3 is 0 Å². The number of hydrazone groups is 1. The van der Waals surface area contributed by atoms with Crippen LogP contribution in [0.2, 0.25) is 0 Å². The summed E-state index contributed by atoms with van der Waals surface area (Å²) in [4.78, 5) is 17.2. The number of amides is 1. The Morgan fingerprint density at radius 1 is 1.11 bits per heavy atom. The van der Waals surface area contributed by atoms with Crippen LogP contribution < -0.4 is 4.74 Å². The number of aliphatic imine (C=N–C) groups is 1. The topological polar surface area (TPSA) is 83.0 Å². The van der Waals surface area contributed by atoms with Crippen molar-refractivity contribution in [3.63, 3.8) is 0 Å². The molecule has 2 aromatic carbocycles. The maximum atomic E-state index is 12.9. The van der Waals surface area contributed by atoms with Gasteiger partial charge in [0.25, 0.3) is 5.91 Å². The van der Waals surface area contributed by atoms with E-state index >= 15 is 0 Å². The fourth-order valence-corrected chi connectivity index (χ4v) is 5.59. The van der Waals surface area contributed by atoms with E-state index in [4.69, 9.17) is 10.1 Å². The molecule has 1 aromatic heterocycles. The van der Waals surface area contributed by atoms with Crippen LogP contribution in [0.1, 0.15) is 37.8 Å². The van der Waals surface area contributed by atoms with Crippen molar-refractivity contribution < 1.29 is 9.53 Å². The number of thioether (sulfide) groups is 1. The number of carbonyl (C=O) groups is 1. The highest BCUT2D eigenvalue weighted by atomic mass is 32.2. The molecule has 3 aromatic rings. The molecule has 0 saturated heterocycles. The van der Waals surface area contributed by atoms with Gasteiger partial charge < -0.3 is 9.30 Å². The van der Waals surface area contributed by atoms with Crippen LogP contribution in [-0.2, 0) is 11.3 Å². The molecule has 2 aliphatic rings. The number of nitrogens with zero attached hydrogens (tertiary/aromatic N) is 4. The molecule has 0 aliphatic carbocycles. The highest BCUT2D eigenvalue weighted by Crippen LogP contribution is 2.33. The van der Waals surface area contributed by atoms with Gasteiger partial charge in [-0.15, -0.1) is 0 Å². The Kier molecular flexibility index (Phi) is 6.78. The molecule has 5 rings (SSSR count). The molecule has 3 heterocycles. The minimum absolute atomic E-state index is 0.0676. The Balaban J connectivity index is 1.41. The SMILES string of the molecule is CCC(CC)C1=NN2C(=N)/C(=C\c3cn(CCOc4ccc(C)cc4)c4ccccc34)C(=O)N=C2S1. The van der Waals surface area contributed by atoms with Crippen molar-refractivity contribution in [1.29, 1.82) is 5.41 Å². The maximum Gasteiger partial charge on any atom is 0.283 e. The van der Waals surface area contributed by atoms with Crippen LogP contribution >= 0.6 is 11.8 Å². The molecule has 0 bridgehead atoms. The second-order valence-electron chi connectivity index (χ2n) is 8.93. The summed E-state index contributed by atoms with van der Waals surface area (Å²) in [5.41, 5.74) is 3.35. The van der Waals surface area contributed by atoms with Gasteiger partial charge in [0.05, 0.1) is 12.1 Å². The van der Waals surface area contributed by atoms with Crippen LogP contribution in [0.15, 0.2) is 70.4 Å². The van der Waals surface area contributed by atoms with E-state index < -0.39 is 5.91 Å². The first-order valence-corrected chi connectivity index (χ1v) is 13.1. The summed E-state index contributed by atoms with van der Waals surface area (Å²) in [6.45, 7) is 7.46. The Morgan fingerprint density at radius 2 is 1.86 bits per heavy atom. The molecule has 184 valence electrons. The average Bonchev–Trinajstić information content (AvgIpc) is 3.46. The number of para-hydroxylation sites is 1. The third kappa shape index (κ3) is 4.60. The van der Waals surface area contributed by atoms with Gasteiger partial charge in [-0.25, -0.2) is 0 Å². The molecular formula is C28H29N5O2S. The van der Waals surface area contributed by atoms with Crippen LogP contribution in [0.4, 0.5) is 0 Å². The second kappa shape index (κ2) is 10.1. The van der Waals surface area contributed by atoms with Gasteiger partial charge in [0, 0.05) is 28.6 Å². The van der Waals surface area contributed by atoms with Crippen molar-refractivity contribution in [2.45, 2.75) is 40.2 Å². The Bertz CT molecular complexity index is 1410. The van der Waals surface area contributed by atoms with E-state index in [1.807, 2.05) is 48.7 Å². The molecule has 0 unspecified atom stereocenters. The molecule has 0 saturated carbocycles. The lowest BCUT2D eigenvalue weighted by atomic mass is 10.1. The van der Waals surface area contributed by atoms with Crippen molar-refractivity contribution in [1.82, 2.24) is 9.58 Å². The number of fused-ring (bicyclic) bond motifs is 2. The maximum absolute atomic E-state index is 12.9. The minimum atomic E-state index is -0.403. The van der Waals surface area contributed by atoms with Crippen LogP contribution in [-0.4, -0.2) is 38.1 Å². The smallest absolute Gasteiger partial charge is 0.283 e. The molecule has 36 heavy (non-hydrogen) atoms. The first-order chi connectivity index (χ1) is 17.5. The van der Waals surface area contributed by atoms with Gasteiger partial charge in [0.15, 0.2) is 5.84 Å². The number of hydrogen-bond acceptors (Lipinski definition) is 5. The molecule has 0 spiro atoms. The molecule has 0 radical (unpaired) electrons. The van der Waals surface area contributed by atoms with Crippen molar-refractivity contribution >= 4 is 50.7 Å². The standard InChI is InChI=1S/C28H29N5O2S/c1-4-19(5-2)27-31-33-25(29)23(26(34)30-28(33)36-27)16-20-17-32(24-9-7-6-8-22(20)24)14-15-35-21-12-10-18(3)11-13-21/h6-13,16-17,19,29H,4-5,14-15H2,1-3H3/b23-16+,29-25?. The lowest BCUT2D eigenvalue weighted by Gasteiger charge is -2.20. The fourth-order valence-electron chi connectivity index (χ4n) is 4.44. The van der Waals surface area contributed by atoms with Crippen LogP contribution in [0.3, 0.4) is 0 Å². The van der Waals surface area contributed by atoms with E-state index in [1.165, 1.54) is 22.3 Å². The van der Waals surface area contributed by atoms with Gasteiger partial charge in [0.2, 0.25) is 5.17 Å². The second-order valence-corrected chi connectivity index (χ2v) is 9.92. The van der Waals surface area contributed by atoms with Crippen molar-refractivity contribution in [2.75, 3.05) is 6.61 Å². The van der Waals surface area contributed by atoms with Crippen molar-refractivity contribution in [3.05, 3.63) is 71.4 Å². The van der Waals surface area contributed by atoms with Crippen LogP contribution in [0.5, 0.6) is 5.75 Å². The highest BCUT2D eigenvalue weighted by Gasteiger charge is 2.37. The zero-order valence-corrected chi connectivity index (χ0v) is 21.5. The van der Waals surface area contributed by atoms with Gasteiger partial charge in [-0.2, -0.15) is 15.1 Å². The molecule has 0 atom stereocenters. The summed E-state index contributed by atoms with van der Waals surface area (Å²) in [6.07, 6.45) is 5.69. The molecule has 1 N–H and O–H groups in total. The highest BCUT2D eigenvalue weighted by molar-refractivity contribution is 8.27. The fraction of sp³-hybridized carbons (Fsp3) is 0.286. The van der Waals surface area contributed by atoms with Crippen LogP contribution in [0.25, 0.3) is 17.0 Å². The summed E-state index contributed by atoms with van der Waals surface area (Å²) in [7, 11) is 0. The molecule has 1 amide bonds. The van der Waals surface area contributed by atoms with Crippen molar-refractivity contribution in [2.24, 2.45) is 16.0 Å². The predicted molar refractivity (Wildman–Crippen MR) is 148 cm³/mol. The van der Waals surface area contributed by atoms with Crippen LogP contribution in [0, 0.1) is 18.3 Å². The minimum Gasteiger partial charge on any atom is -0.492 e. The number of nitrogens with one attached hydrogen (secondary N) is 1. The number of hydrogen-bond donors (Lipinski definition) is 1. The quantitative estimate of drug-likeness (QED) is 0.381. The summed E-state index contributed by atoms with van der Waals surface area (Å²) in [6, 6.07) is 16.1. The summed E-state index contributed by atoms with van der Waals surface area (Å²) in [5, 5.41) is 17.3. The molecule has 2 aliphatic heterocycles. The first-order valence-electron chi connectivity index (χ1n) is 12.3. The van der Waals surface area contributed by atoms with E-state index in [1.54, 1.807) is 6.08 Å². The van der Waals surface area contributed by atoms with E-state index in [-0.39, 0.29) is 11.4 Å². The summed E-state index contributed by atoms with van der Waals surface area (Å²) in [5.74, 6) is 0.808. The summed E-state index contributed by atoms with van der Waals surface area (Å²) >= 11 is 1.40. The molecule has 8 heteroatoms. The Morgan fingerprint density at radius 3 is 2.61 bits per heavy atom. The number of aryl methyl sites for hydroxylation is 1.